The number of benzene rings is 1. The number of nitrogens with zero attached hydrogens (tertiary/aromatic N) is 1. The predicted molar refractivity (Wildman–Crippen MR) is 90.2 cm³/mol. The SMILES string of the molecule is COc1cc2c(cc1OC)CN(C(=O)C1CCCCC1C(F)(F)F)CC2. The molecule has 144 valence electrons. The summed E-state index contributed by atoms with van der Waals surface area (Å²) in [6.45, 7) is 0.748. The lowest BCUT2D eigenvalue weighted by Gasteiger charge is -2.37. The molecule has 1 aliphatic heterocycles. The second-order valence-corrected chi connectivity index (χ2v) is 7.02. The summed E-state index contributed by atoms with van der Waals surface area (Å²) in [5.74, 6) is -1.66. The molecule has 4 nitrogen and oxygen atoms in total. The first-order valence-electron chi connectivity index (χ1n) is 8.94. The van der Waals surface area contributed by atoms with Gasteiger partial charge in [-0.15, -0.1) is 0 Å². The number of carbonyl (C=O) groups is 1. The fraction of sp³-hybridized carbons (Fsp3) is 0.632. The highest BCUT2D eigenvalue weighted by atomic mass is 19.4. The van der Waals surface area contributed by atoms with Crippen molar-refractivity contribution < 1.29 is 27.4 Å². The molecule has 2 atom stereocenters. The molecule has 2 aliphatic rings. The van der Waals surface area contributed by atoms with E-state index in [0.717, 1.165) is 11.1 Å². The van der Waals surface area contributed by atoms with Crippen LogP contribution in [0.5, 0.6) is 11.5 Å². The zero-order valence-corrected chi connectivity index (χ0v) is 15.1. The van der Waals surface area contributed by atoms with Crippen molar-refractivity contribution in [2.45, 2.75) is 44.8 Å². The van der Waals surface area contributed by atoms with Crippen LogP contribution in [-0.2, 0) is 17.8 Å². The highest BCUT2D eigenvalue weighted by Gasteiger charge is 2.49. The van der Waals surface area contributed by atoms with Crippen LogP contribution in [0.1, 0.15) is 36.8 Å². The summed E-state index contributed by atoms with van der Waals surface area (Å²) in [5.41, 5.74) is 1.95. The average molecular weight is 371 g/mol. The van der Waals surface area contributed by atoms with E-state index in [9.17, 15) is 18.0 Å². The Morgan fingerprint density at radius 2 is 1.69 bits per heavy atom. The Kier molecular flexibility index (Phi) is 5.34. The van der Waals surface area contributed by atoms with E-state index in [1.54, 1.807) is 12.0 Å². The number of hydrogen-bond donors (Lipinski definition) is 0. The Bertz CT molecular complexity index is 675. The second kappa shape index (κ2) is 7.37. The van der Waals surface area contributed by atoms with Gasteiger partial charge in [-0.2, -0.15) is 13.2 Å². The van der Waals surface area contributed by atoms with Gasteiger partial charge in [-0.25, -0.2) is 0 Å². The predicted octanol–water partition coefficient (Wildman–Crippen LogP) is 3.96. The van der Waals surface area contributed by atoms with Crippen LogP contribution in [0.25, 0.3) is 0 Å². The summed E-state index contributed by atoms with van der Waals surface area (Å²) in [4.78, 5) is 14.4. The number of amides is 1. The van der Waals surface area contributed by atoms with Gasteiger partial charge in [0.05, 0.1) is 20.1 Å². The lowest BCUT2D eigenvalue weighted by atomic mass is 9.77. The quantitative estimate of drug-likeness (QED) is 0.807. The van der Waals surface area contributed by atoms with Crippen LogP contribution in [0.3, 0.4) is 0 Å². The Labute approximate surface area is 151 Å². The minimum Gasteiger partial charge on any atom is -0.493 e. The maximum absolute atomic E-state index is 13.3. The minimum atomic E-state index is -4.31. The van der Waals surface area contributed by atoms with Crippen molar-refractivity contribution in [1.82, 2.24) is 4.90 Å². The third kappa shape index (κ3) is 3.62. The van der Waals surface area contributed by atoms with Crippen molar-refractivity contribution in [2.24, 2.45) is 11.8 Å². The van der Waals surface area contributed by atoms with Crippen LogP contribution in [0.2, 0.25) is 0 Å². The molecule has 26 heavy (non-hydrogen) atoms. The van der Waals surface area contributed by atoms with Crippen molar-refractivity contribution in [3.8, 4) is 11.5 Å². The van der Waals surface area contributed by atoms with Gasteiger partial charge in [-0.05, 0) is 42.5 Å². The third-order valence-corrected chi connectivity index (χ3v) is 5.53. The van der Waals surface area contributed by atoms with Crippen molar-refractivity contribution >= 4 is 5.91 Å². The van der Waals surface area contributed by atoms with Gasteiger partial charge in [-0.3, -0.25) is 4.79 Å². The topological polar surface area (TPSA) is 38.8 Å². The Morgan fingerprint density at radius 3 is 2.31 bits per heavy atom. The Hall–Kier alpha value is -1.92. The van der Waals surface area contributed by atoms with Crippen molar-refractivity contribution in [3.05, 3.63) is 23.3 Å². The van der Waals surface area contributed by atoms with Gasteiger partial charge in [0.2, 0.25) is 5.91 Å². The molecule has 1 amide bonds. The van der Waals surface area contributed by atoms with E-state index < -0.39 is 18.0 Å². The molecule has 7 heteroatoms. The first-order chi connectivity index (χ1) is 12.3. The van der Waals surface area contributed by atoms with Crippen molar-refractivity contribution in [3.63, 3.8) is 0 Å². The van der Waals surface area contributed by atoms with E-state index in [1.807, 2.05) is 12.1 Å². The summed E-state index contributed by atoms with van der Waals surface area (Å²) < 4.78 is 50.6. The van der Waals surface area contributed by atoms with Crippen LogP contribution >= 0.6 is 0 Å². The number of methoxy groups -OCH3 is 2. The number of rotatable bonds is 3. The van der Waals surface area contributed by atoms with E-state index in [4.69, 9.17) is 9.47 Å². The highest BCUT2D eigenvalue weighted by molar-refractivity contribution is 5.79. The van der Waals surface area contributed by atoms with Crippen molar-refractivity contribution in [2.75, 3.05) is 20.8 Å². The van der Waals surface area contributed by atoms with Gasteiger partial charge in [0, 0.05) is 19.0 Å². The maximum Gasteiger partial charge on any atom is 0.392 e. The van der Waals surface area contributed by atoms with E-state index in [0.29, 0.717) is 50.3 Å². The standard InChI is InChI=1S/C19H24F3NO3/c1-25-16-9-12-7-8-23(11-13(12)10-17(16)26-2)18(24)14-5-3-4-6-15(14)19(20,21)22/h9-10,14-15H,3-8,11H2,1-2H3. The molecule has 2 unspecified atom stereocenters. The molecular formula is C19H24F3NO3. The number of alkyl halides is 3. The molecule has 1 aromatic rings. The highest BCUT2D eigenvalue weighted by Crippen LogP contribution is 2.43. The zero-order valence-electron chi connectivity index (χ0n) is 15.1. The fourth-order valence-electron chi connectivity index (χ4n) is 4.12. The maximum atomic E-state index is 13.3. The molecule has 1 aromatic carbocycles. The molecule has 1 heterocycles. The Morgan fingerprint density at radius 1 is 1.08 bits per heavy atom. The number of carbonyl (C=O) groups excluding carboxylic acids is 1. The second-order valence-electron chi connectivity index (χ2n) is 7.02. The summed E-state index contributed by atoms with van der Waals surface area (Å²) in [6, 6.07) is 3.70. The lowest BCUT2D eigenvalue weighted by molar-refractivity contribution is -0.201. The van der Waals surface area contributed by atoms with Gasteiger partial charge >= 0.3 is 6.18 Å². The molecule has 0 saturated heterocycles. The smallest absolute Gasteiger partial charge is 0.392 e. The van der Waals surface area contributed by atoms with Crippen LogP contribution in [0, 0.1) is 11.8 Å². The number of ether oxygens (including phenoxy) is 2. The molecule has 0 spiro atoms. The van der Waals surface area contributed by atoms with Crippen LogP contribution in [0.4, 0.5) is 13.2 Å². The fourth-order valence-corrected chi connectivity index (χ4v) is 4.12. The molecule has 0 N–H and O–H groups in total. The van der Waals surface area contributed by atoms with Crippen LogP contribution in [0.15, 0.2) is 12.1 Å². The van der Waals surface area contributed by atoms with Gasteiger partial charge in [0.15, 0.2) is 11.5 Å². The molecule has 1 fully saturated rings. The first kappa shape index (κ1) is 18.9. The van der Waals surface area contributed by atoms with E-state index in [-0.39, 0.29) is 12.3 Å². The zero-order chi connectivity index (χ0) is 18.9. The molecule has 0 bridgehead atoms. The number of fused-ring (bicyclic) bond motifs is 1. The first-order valence-corrected chi connectivity index (χ1v) is 8.94. The van der Waals surface area contributed by atoms with Crippen molar-refractivity contribution in [1.29, 1.82) is 0 Å². The van der Waals surface area contributed by atoms with Gasteiger partial charge in [0.1, 0.15) is 0 Å². The summed E-state index contributed by atoms with van der Waals surface area (Å²) in [5, 5.41) is 0. The lowest BCUT2D eigenvalue weighted by Crippen LogP contribution is -2.46. The summed E-state index contributed by atoms with van der Waals surface area (Å²) in [6.07, 6.45) is -2.13. The molecule has 0 aromatic heterocycles. The third-order valence-electron chi connectivity index (χ3n) is 5.53. The van der Waals surface area contributed by atoms with Gasteiger partial charge in [-0.1, -0.05) is 12.8 Å². The van der Waals surface area contributed by atoms with Crippen LogP contribution in [-0.4, -0.2) is 37.7 Å². The largest absolute Gasteiger partial charge is 0.493 e. The summed E-state index contributed by atoms with van der Waals surface area (Å²) >= 11 is 0. The molecular weight excluding hydrogens is 347 g/mol. The normalized spacial score (nSPS) is 23.3. The average Bonchev–Trinajstić information content (AvgIpc) is 2.65. The minimum absolute atomic E-state index is 0.0509. The molecule has 1 saturated carbocycles. The Balaban J connectivity index is 1.80. The monoisotopic (exact) mass is 371 g/mol. The molecule has 1 aliphatic carbocycles. The van der Waals surface area contributed by atoms with Crippen LogP contribution < -0.4 is 9.47 Å². The van der Waals surface area contributed by atoms with Gasteiger partial charge < -0.3 is 14.4 Å². The van der Waals surface area contributed by atoms with Gasteiger partial charge in [0.25, 0.3) is 0 Å². The van der Waals surface area contributed by atoms with E-state index in [1.165, 1.54) is 7.11 Å². The van der Waals surface area contributed by atoms with E-state index in [2.05, 4.69) is 0 Å². The van der Waals surface area contributed by atoms with E-state index >= 15 is 0 Å². The summed E-state index contributed by atoms with van der Waals surface area (Å²) in [7, 11) is 3.09. The molecule has 0 radical (unpaired) electrons. The molecule has 3 rings (SSSR count). The number of halogens is 3. The number of hydrogen-bond acceptors (Lipinski definition) is 3.